The highest BCUT2D eigenvalue weighted by Crippen LogP contribution is 2.29. The molecule has 1 fully saturated rings. The van der Waals surface area contributed by atoms with Crippen LogP contribution in [0.2, 0.25) is 0 Å². The molecule has 12 heavy (non-hydrogen) atoms. The van der Waals surface area contributed by atoms with Crippen molar-refractivity contribution in [1.82, 2.24) is 5.06 Å². The molecule has 3 nitrogen and oxygen atoms in total. The first kappa shape index (κ1) is 9.96. The standard InChI is InChI=1S/C9H20N2O/c1-11(12-2)8-7-9(10)5-3-4-6-9/h3-8,10H2,1-2H3. The predicted molar refractivity (Wildman–Crippen MR) is 49.6 cm³/mol. The number of hydroxylamine groups is 2. The molecular weight excluding hydrogens is 152 g/mol. The van der Waals surface area contributed by atoms with Gasteiger partial charge in [-0.05, 0) is 19.3 Å². The summed E-state index contributed by atoms with van der Waals surface area (Å²) >= 11 is 0. The van der Waals surface area contributed by atoms with E-state index in [1.807, 2.05) is 12.1 Å². The minimum Gasteiger partial charge on any atom is -0.325 e. The van der Waals surface area contributed by atoms with Gasteiger partial charge in [-0.15, -0.1) is 0 Å². The van der Waals surface area contributed by atoms with Crippen LogP contribution >= 0.6 is 0 Å². The molecule has 72 valence electrons. The van der Waals surface area contributed by atoms with Gasteiger partial charge in [0.25, 0.3) is 0 Å². The van der Waals surface area contributed by atoms with E-state index >= 15 is 0 Å². The van der Waals surface area contributed by atoms with Crippen LogP contribution in [0.15, 0.2) is 0 Å². The zero-order valence-electron chi connectivity index (χ0n) is 8.18. The average molecular weight is 172 g/mol. The number of nitrogens with two attached hydrogens (primary N) is 1. The molecule has 1 rings (SSSR count). The van der Waals surface area contributed by atoms with Crippen molar-refractivity contribution in [2.75, 3.05) is 20.7 Å². The summed E-state index contributed by atoms with van der Waals surface area (Å²) in [5, 5.41) is 1.84. The first-order chi connectivity index (χ1) is 5.66. The molecule has 1 saturated carbocycles. The SMILES string of the molecule is CON(C)CCC1(N)CCCC1. The van der Waals surface area contributed by atoms with E-state index < -0.39 is 0 Å². The van der Waals surface area contributed by atoms with E-state index in [-0.39, 0.29) is 5.54 Å². The largest absolute Gasteiger partial charge is 0.325 e. The minimum absolute atomic E-state index is 0.104. The summed E-state index contributed by atoms with van der Waals surface area (Å²) in [6.07, 6.45) is 6.02. The Hall–Kier alpha value is -0.120. The van der Waals surface area contributed by atoms with Crippen molar-refractivity contribution in [2.45, 2.75) is 37.6 Å². The van der Waals surface area contributed by atoms with Gasteiger partial charge in [0.15, 0.2) is 0 Å². The second-order valence-corrected chi connectivity index (χ2v) is 3.85. The minimum atomic E-state index is 0.104. The molecule has 0 atom stereocenters. The van der Waals surface area contributed by atoms with Gasteiger partial charge < -0.3 is 10.6 Å². The lowest BCUT2D eigenvalue weighted by Gasteiger charge is -2.25. The number of hydrogen-bond donors (Lipinski definition) is 1. The van der Waals surface area contributed by atoms with Crippen LogP contribution in [-0.4, -0.2) is 31.3 Å². The Labute approximate surface area is 74.8 Å². The molecule has 1 aliphatic rings. The van der Waals surface area contributed by atoms with Gasteiger partial charge >= 0.3 is 0 Å². The van der Waals surface area contributed by atoms with E-state index in [4.69, 9.17) is 10.6 Å². The summed E-state index contributed by atoms with van der Waals surface area (Å²) in [4.78, 5) is 5.03. The molecule has 0 heterocycles. The van der Waals surface area contributed by atoms with Gasteiger partial charge in [0.1, 0.15) is 0 Å². The van der Waals surface area contributed by atoms with Gasteiger partial charge in [0, 0.05) is 19.1 Å². The van der Waals surface area contributed by atoms with Gasteiger partial charge in [-0.3, -0.25) is 0 Å². The number of nitrogens with zero attached hydrogens (tertiary/aromatic N) is 1. The third-order valence-electron chi connectivity index (χ3n) is 2.84. The number of hydrogen-bond acceptors (Lipinski definition) is 3. The van der Waals surface area contributed by atoms with E-state index in [9.17, 15) is 0 Å². The average Bonchev–Trinajstić information content (AvgIpc) is 2.49. The Balaban J connectivity index is 2.21. The first-order valence-electron chi connectivity index (χ1n) is 4.70. The van der Waals surface area contributed by atoms with Crippen LogP contribution in [0.25, 0.3) is 0 Å². The van der Waals surface area contributed by atoms with Crippen LogP contribution in [-0.2, 0) is 4.84 Å². The molecule has 0 spiro atoms. The third kappa shape index (κ3) is 2.73. The molecule has 0 saturated heterocycles. The zero-order chi connectivity index (χ0) is 9.03. The summed E-state index contributed by atoms with van der Waals surface area (Å²) < 4.78 is 0. The summed E-state index contributed by atoms with van der Waals surface area (Å²) in [6, 6.07) is 0. The predicted octanol–water partition coefficient (Wildman–Crippen LogP) is 1.14. The zero-order valence-corrected chi connectivity index (χ0v) is 8.18. The maximum atomic E-state index is 6.18. The Kier molecular flexibility index (Phi) is 3.50. The summed E-state index contributed by atoms with van der Waals surface area (Å²) in [6.45, 7) is 0.938. The Morgan fingerprint density at radius 2 is 2.00 bits per heavy atom. The fraction of sp³-hybridized carbons (Fsp3) is 1.00. The third-order valence-corrected chi connectivity index (χ3v) is 2.84. The maximum Gasteiger partial charge on any atom is 0.0575 e. The highest BCUT2D eigenvalue weighted by molar-refractivity contribution is 4.89. The molecule has 1 aliphatic carbocycles. The quantitative estimate of drug-likeness (QED) is 0.646. The lowest BCUT2D eigenvalue weighted by Crippen LogP contribution is -2.39. The second kappa shape index (κ2) is 4.21. The van der Waals surface area contributed by atoms with E-state index in [0.29, 0.717) is 0 Å². The van der Waals surface area contributed by atoms with Gasteiger partial charge in [0.2, 0.25) is 0 Å². The van der Waals surface area contributed by atoms with Crippen LogP contribution in [0, 0.1) is 0 Å². The molecule has 3 heteroatoms. The van der Waals surface area contributed by atoms with Gasteiger partial charge in [-0.2, -0.15) is 5.06 Å². The number of rotatable bonds is 4. The maximum absolute atomic E-state index is 6.18. The van der Waals surface area contributed by atoms with Crippen LogP contribution in [0.4, 0.5) is 0 Å². The van der Waals surface area contributed by atoms with Gasteiger partial charge in [-0.25, -0.2) is 0 Å². The van der Waals surface area contributed by atoms with Crippen LogP contribution < -0.4 is 5.73 Å². The van der Waals surface area contributed by atoms with Gasteiger partial charge in [-0.1, -0.05) is 12.8 Å². The summed E-state index contributed by atoms with van der Waals surface area (Å²) in [5.74, 6) is 0. The van der Waals surface area contributed by atoms with E-state index in [1.165, 1.54) is 25.7 Å². The normalized spacial score (nSPS) is 22.0. The Morgan fingerprint density at radius 3 is 2.50 bits per heavy atom. The Morgan fingerprint density at radius 1 is 1.42 bits per heavy atom. The first-order valence-corrected chi connectivity index (χ1v) is 4.70. The molecular formula is C9H20N2O. The van der Waals surface area contributed by atoms with Crippen molar-refractivity contribution in [1.29, 1.82) is 0 Å². The molecule has 0 aromatic carbocycles. The fourth-order valence-electron chi connectivity index (χ4n) is 1.80. The fourth-order valence-corrected chi connectivity index (χ4v) is 1.80. The van der Waals surface area contributed by atoms with E-state index in [1.54, 1.807) is 7.11 Å². The molecule has 0 aliphatic heterocycles. The van der Waals surface area contributed by atoms with Crippen molar-refractivity contribution < 1.29 is 4.84 Å². The molecule has 0 bridgehead atoms. The smallest absolute Gasteiger partial charge is 0.0575 e. The molecule has 0 aromatic rings. The summed E-state index contributed by atoms with van der Waals surface area (Å²) in [5.41, 5.74) is 6.28. The molecule has 2 N–H and O–H groups in total. The van der Waals surface area contributed by atoms with Crippen LogP contribution in [0.1, 0.15) is 32.1 Å². The highest BCUT2D eigenvalue weighted by atomic mass is 16.7. The molecule has 0 amide bonds. The topological polar surface area (TPSA) is 38.5 Å². The van der Waals surface area contributed by atoms with Crippen molar-refractivity contribution in [3.63, 3.8) is 0 Å². The van der Waals surface area contributed by atoms with Crippen molar-refractivity contribution in [2.24, 2.45) is 5.73 Å². The lowest BCUT2D eigenvalue weighted by molar-refractivity contribution is -0.112. The Bertz CT molecular complexity index is 132. The monoisotopic (exact) mass is 172 g/mol. The van der Waals surface area contributed by atoms with Crippen molar-refractivity contribution >= 4 is 0 Å². The van der Waals surface area contributed by atoms with Crippen molar-refractivity contribution in [3.8, 4) is 0 Å². The molecule has 0 radical (unpaired) electrons. The van der Waals surface area contributed by atoms with E-state index in [2.05, 4.69) is 0 Å². The van der Waals surface area contributed by atoms with Gasteiger partial charge in [0.05, 0.1) is 7.11 Å². The summed E-state index contributed by atoms with van der Waals surface area (Å²) in [7, 11) is 3.64. The molecule has 0 unspecified atom stereocenters. The second-order valence-electron chi connectivity index (χ2n) is 3.85. The van der Waals surface area contributed by atoms with Crippen LogP contribution in [0.3, 0.4) is 0 Å². The van der Waals surface area contributed by atoms with Crippen LogP contribution in [0.5, 0.6) is 0 Å². The lowest BCUT2D eigenvalue weighted by atomic mass is 9.95. The molecule has 0 aromatic heterocycles. The van der Waals surface area contributed by atoms with E-state index in [0.717, 1.165) is 13.0 Å². The highest BCUT2D eigenvalue weighted by Gasteiger charge is 2.28. The van der Waals surface area contributed by atoms with Crippen molar-refractivity contribution in [3.05, 3.63) is 0 Å².